The first-order valence-electron chi connectivity index (χ1n) is 6.71. The molecule has 1 atom stereocenters. The zero-order valence-electron chi connectivity index (χ0n) is 12.2. The van der Waals surface area contributed by atoms with Crippen LogP contribution in [0.4, 0.5) is 4.79 Å². The summed E-state index contributed by atoms with van der Waals surface area (Å²) in [5, 5.41) is 12.7. The number of nitrogens with one attached hydrogen (secondary N) is 1. The standard InChI is InChI=1S/C14H20N2O4S/c1-10(9-11-5-4-8-21-11)16(2)14(20)15-12(17)6-3-7-13(18)19/h4-5,8,10H,3,6-7,9H2,1-2H3,(H,18,19)(H,15,17,20). The van der Waals surface area contributed by atoms with E-state index in [1.165, 1.54) is 9.78 Å². The van der Waals surface area contributed by atoms with Crippen LogP contribution >= 0.6 is 11.3 Å². The second-order valence-electron chi connectivity index (χ2n) is 4.84. The van der Waals surface area contributed by atoms with E-state index >= 15 is 0 Å². The molecule has 0 saturated heterocycles. The SMILES string of the molecule is CC(Cc1cccs1)N(C)C(=O)NC(=O)CCCC(=O)O. The molecule has 1 aromatic rings. The quantitative estimate of drug-likeness (QED) is 0.807. The highest BCUT2D eigenvalue weighted by molar-refractivity contribution is 7.09. The molecule has 0 aliphatic carbocycles. The summed E-state index contributed by atoms with van der Waals surface area (Å²) < 4.78 is 0. The van der Waals surface area contributed by atoms with Crippen LogP contribution in [0, 0.1) is 0 Å². The molecule has 1 heterocycles. The van der Waals surface area contributed by atoms with Crippen LogP contribution in [0.5, 0.6) is 0 Å². The van der Waals surface area contributed by atoms with Gasteiger partial charge in [-0.1, -0.05) is 6.07 Å². The molecular weight excluding hydrogens is 292 g/mol. The molecule has 0 bridgehead atoms. The molecule has 1 unspecified atom stereocenters. The lowest BCUT2D eigenvalue weighted by Gasteiger charge is -2.24. The maximum Gasteiger partial charge on any atom is 0.324 e. The van der Waals surface area contributed by atoms with Crippen molar-refractivity contribution in [1.29, 1.82) is 0 Å². The van der Waals surface area contributed by atoms with E-state index in [-0.39, 0.29) is 25.3 Å². The topological polar surface area (TPSA) is 86.7 Å². The van der Waals surface area contributed by atoms with Crippen LogP contribution in [0.3, 0.4) is 0 Å². The Kier molecular flexibility index (Phi) is 6.87. The molecule has 1 rings (SSSR count). The second-order valence-corrected chi connectivity index (χ2v) is 5.88. The number of likely N-dealkylation sites (N-methyl/N-ethyl adjacent to an activating group) is 1. The van der Waals surface area contributed by atoms with Crippen LogP contribution in [-0.4, -0.2) is 41.0 Å². The number of carbonyl (C=O) groups excluding carboxylic acids is 2. The lowest BCUT2D eigenvalue weighted by molar-refractivity contribution is -0.137. The van der Waals surface area contributed by atoms with Gasteiger partial charge in [0.25, 0.3) is 0 Å². The Morgan fingerprint density at radius 1 is 1.38 bits per heavy atom. The number of imide groups is 1. The summed E-state index contributed by atoms with van der Waals surface area (Å²) in [4.78, 5) is 36.4. The third-order valence-electron chi connectivity index (χ3n) is 3.10. The predicted octanol–water partition coefficient (Wildman–Crippen LogP) is 2.10. The summed E-state index contributed by atoms with van der Waals surface area (Å²) in [7, 11) is 1.64. The third kappa shape index (κ3) is 6.40. The summed E-state index contributed by atoms with van der Waals surface area (Å²) >= 11 is 1.63. The van der Waals surface area contributed by atoms with Crippen LogP contribution in [0.1, 0.15) is 31.1 Å². The van der Waals surface area contributed by atoms with Crippen molar-refractivity contribution in [3.05, 3.63) is 22.4 Å². The fraction of sp³-hybridized carbons (Fsp3) is 0.500. The molecule has 3 amide bonds. The highest BCUT2D eigenvalue weighted by Crippen LogP contribution is 2.13. The molecule has 0 saturated carbocycles. The highest BCUT2D eigenvalue weighted by atomic mass is 32.1. The van der Waals surface area contributed by atoms with Gasteiger partial charge in [0.2, 0.25) is 5.91 Å². The zero-order chi connectivity index (χ0) is 15.8. The molecule has 0 aliphatic rings. The number of aliphatic carboxylic acids is 1. The number of carbonyl (C=O) groups is 3. The Morgan fingerprint density at radius 3 is 2.67 bits per heavy atom. The van der Waals surface area contributed by atoms with E-state index in [1.807, 2.05) is 24.4 Å². The normalized spacial score (nSPS) is 11.7. The average Bonchev–Trinajstić information content (AvgIpc) is 2.89. The Balaban J connectivity index is 2.35. The van der Waals surface area contributed by atoms with Crippen LogP contribution in [0.15, 0.2) is 17.5 Å². The van der Waals surface area contributed by atoms with Crippen molar-refractivity contribution in [3.8, 4) is 0 Å². The molecule has 2 N–H and O–H groups in total. The Hall–Kier alpha value is -1.89. The molecular formula is C14H20N2O4S. The van der Waals surface area contributed by atoms with Crippen LogP contribution < -0.4 is 5.32 Å². The van der Waals surface area contributed by atoms with Gasteiger partial charge in [0, 0.05) is 37.2 Å². The Bertz CT molecular complexity index is 487. The molecule has 0 fully saturated rings. The van der Waals surface area contributed by atoms with Crippen molar-refractivity contribution in [2.75, 3.05) is 7.05 Å². The number of carboxylic acids is 1. The number of nitrogens with zero attached hydrogens (tertiary/aromatic N) is 1. The molecule has 0 spiro atoms. The van der Waals surface area contributed by atoms with Crippen molar-refractivity contribution in [2.24, 2.45) is 0 Å². The lowest BCUT2D eigenvalue weighted by Crippen LogP contribution is -2.45. The fourth-order valence-electron chi connectivity index (χ4n) is 1.73. The predicted molar refractivity (Wildman–Crippen MR) is 80.3 cm³/mol. The van der Waals surface area contributed by atoms with Crippen LogP contribution in [0.2, 0.25) is 0 Å². The van der Waals surface area contributed by atoms with Gasteiger partial charge in [-0.2, -0.15) is 0 Å². The summed E-state index contributed by atoms with van der Waals surface area (Å²) in [5.41, 5.74) is 0. The average molecular weight is 312 g/mol. The van der Waals surface area contributed by atoms with E-state index in [9.17, 15) is 14.4 Å². The van der Waals surface area contributed by atoms with E-state index < -0.39 is 17.9 Å². The molecule has 7 heteroatoms. The van der Waals surface area contributed by atoms with Gasteiger partial charge in [-0.05, 0) is 24.8 Å². The molecule has 1 aromatic heterocycles. The molecule has 0 radical (unpaired) electrons. The minimum atomic E-state index is -0.948. The van der Waals surface area contributed by atoms with Gasteiger partial charge in [0.05, 0.1) is 0 Å². The third-order valence-corrected chi connectivity index (χ3v) is 4.00. The van der Waals surface area contributed by atoms with Crippen LogP contribution in [-0.2, 0) is 16.0 Å². The minimum Gasteiger partial charge on any atom is -0.481 e. The molecule has 21 heavy (non-hydrogen) atoms. The fourth-order valence-corrected chi connectivity index (χ4v) is 2.55. The first-order valence-corrected chi connectivity index (χ1v) is 7.59. The van der Waals surface area contributed by atoms with Gasteiger partial charge < -0.3 is 10.0 Å². The molecule has 6 nitrogen and oxygen atoms in total. The van der Waals surface area contributed by atoms with E-state index in [1.54, 1.807) is 18.4 Å². The summed E-state index contributed by atoms with van der Waals surface area (Å²) in [6, 6.07) is 3.47. The first-order chi connectivity index (χ1) is 9.90. The number of hydrogen-bond donors (Lipinski definition) is 2. The lowest BCUT2D eigenvalue weighted by atomic mass is 10.2. The zero-order valence-corrected chi connectivity index (χ0v) is 13.0. The van der Waals surface area contributed by atoms with E-state index in [2.05, 4.69) is 5.32 Å². The molecule has 0 aliphatic heterocycles. The first kappa shape index (κ1) is 17.2. The van der Waals surface area contributed by atoms with Gasteiger partial charge >= 0.3 is 12.0 Å². The summed E-state index contributed by atoms with van der Waals surface area (Å²) in [6.07, 6.45) is 0.912. The van der Waals surface area contributed by atoms with E-state index in [0.29, 0.717) is 0 Å². The monoisotopic (exact) mass is 312 g/mol. The van der Waals surface area contributed by atoms with Gasteiger partial charge in [-0.15, -0.1) is 11.3 Å². The van der Waals surface area contributed by atoms with Crippen molar-refractivity contribution in [2.45, 2.75) is 38.6 Å². The highest BCUT2D eigenvalue weighted by Gasteiger charge is 2.18. The smallest absolute Gasteiger partial charge is 0.324 e. The number of urea groups is 1. The molecule has 0 aromatic carbocycles. The number of hydrogen-bond acceptors (Lipinski definition) is 4. The number of thiophene rings is 1. The summed E-state index contributed by atoms with van der Waals surface area (Å²) in [6.45, 7) is 1.91. The van der Waals surface area contributed by atoms with Gasteiger partial charge in [-0.3, -0.25) is 14.9 Å². The number of amides is 3. The number of rotatable bonds is 7. The number of carboxylic acid groups (broad SMARTS) is 1. The summed E-state index contributed by atoms with van der Waals surface area (Å²) in [5.74, 6) is -1.40. The van der Waals surface area contributed by atoms with Crippen molar-refractivity contribution in [3.63, 3.8) is 0 Å². The van der Waals surface area contributed by atoms with Crippen molar-refractivity contribution < 1.29 is 19.5 Å². The maximum atomic E-state index is 11.9. The van der Waals surface area contributed by atoms with Gasteiger partial charge in [0.15, 0.2) is 0 Å². The molecule has 116 valence electrons. The van der Waals surface area contributed by atoms with Crippen molar-refractivity contribution in [1.82, 2.24) is 10.2 Å². The van der Waals surface area contributed by atoms with Crippen molar-refractivity contribution >= 4 is 29.2 Å². The Morgan fingerprint density at radius 2 is 2.10 bits per heavy atom. The Labute approximate surface area is 127 Å². The van der Waals surface area contributed by atoms with E-state index in [4.69, 9.17) is 5.11 Å². The largest absolute Gasteiger partial charge is 0.481 e. The maximum absolute atomic E-state index is 11.9. The van der Waals surface area contributed by atoms with E-state index in [0.717, 1.165) is 6.42 Å². The minimum absolute atomic E-state index is 0.0320. The van der Waals surface area contributed by atoms with Crippen LogP contribution in [0.25, 0.3) is 0 Å². The van der Waals surface area contributed by atoms with Gasteiger partial charge in [-0.25, -0.2) is 4.79 Å². The van der Waals surface area contributed by atoms with Gasteiger partial charge in [0.1, 0.15) is 0 Å². The second kappa shape index (κ2) is 8.41.